The number of nitroso groups, excluding NO2 is 1. The van der Waals surface area contributed by atoms with Gasteiger partial charge >= 0.3 is 0 Å². The molecule has 0 aromatic carbocycles. The number of ether oxygens (including phenoxy) is 2. The molecule has 3 aliphatic heterocycles. The van der Waals surface area contributed by atoms with Crippen LogP contribution < -0.4 is 16.0 Å². The molecule has 12 nitrogen and oxygen atoms in total. The van der Waals surface area contributed by atoms with Crippen LogP contribution in [0, 0.1) is 10.8 Å². The molecular weight excluding hydrogens is 605 g/mol. The number of hydrogen-bond acceptors (Lipinski definition) is 11. The Morgan fingerprint density at radius 1 is 0.957 bits per heavy atom. The lowest BCUT2D eigenvalue weighted by molar-refractivity contribution is -0.222. The molecule has 3 N–H and O–H groups in total. The minimum atomic E-state index is -1.26. The fraction of sp³-hybridized carbons (Fsp3) is 0.882. The van der Waals surface area contributed by atoms with Gasteiger partial charge < -0.3 is 40.1 Å². The molecule has 0 radical (unpaired) electrons. The molecule has 12 atom stereocenters. The molecule has 0 spiro atoms. The highest BCUT2D eigenvalue weighted by atomic mass is 19.1. The van der Waals surface area contributed by atoms with Crippen LogP contribution in [0.5, 0.6) is 0 Å². The molecule has 2 saturated heterocycles. The van der Waals surface area contributed by atoms with Gasteiger partial charge in [-0.2, -0.15) is 4.91 Å². The van der Waals surface area contributed by atoms with Crippen LogP contribution in [-0.2, 0) is 19.1 Å². The number of unbranched alkanes of at least 4 members (excludes halogenated alkanes) is 2. The van der Waals surface area contributed by atoms with Crippen molar-refractivity contribution in [2.24, 2.45) is 11.1 Å². The Bertz CT molecular complexity index is 1160. The maximum Gasteiger partial charge on any atom is 0.256 e. The summed E-state index contributed by atoms with van der Waals surface area (Å²) >= 11 is 0. The third-order valence-electron chi connectivity index (χ3n) is 11.4. The van der Waals surface area contributed by atoms with Gasteiger partial charge in [-0.25, -0.2) is 4.39 Å². The molecule has 264 valence electrons. The topological polar surface area (TPSA) is 128 Å². The summed E-state index contributed by atoms with van der Waals surface area (Å²) in [5, 5.41) is 13.6. The zero-order chi connectivity index (χ0) is 33.2. The van der Waals surface area contributed by atoms with Crippen molar-refractivity contribution in [3.05, 3.63) is 16.7 Å². The molecule has 47 heavy (non-hydrogen) atoms. The molecule has 0 bridgehead atoms. The molecule has 0 aromatic rings. The maximum absolute atomic E-state index is 16.1. The van der Waals surface area contributed by atoms with E-state index in [2.05, 4.69) is 49.9 Å². The van der Waals surface area contributed by atoms with Crippen molar-refractivity contribution < 1.29 is 23.5 Å². The van der Waals surface area contributed by atoms with Crippen LogP contribution in [0.15, 0.2) is 16.9 Å². The van der Waals surface area contributed by atoms with Crippen molar-refractivity contribution in [3.8, 4) is 0 Å². The van der Waals surface area contributed by atoms with E-state index in [4.69, 9.17) is 9.47 Å². The van der Waals surface area contributed by atoms with E-state index in [9.17, 15) is 14.5 Å². The van der Waals surface area contributed by atoms with E-state index in [1.54, 1.807) is 6.20 Å². The Morgan fingerprint density at radius 2 is 1.68 bits per heavy atom. The number of nitrogens with one attached hydrogen (secondary N) is 3. The summed E-state index contributed by atoms with van der Waals surface area (Å²) in [7, 11) is 8.14. The molecule has 12 unspecified atom stereocenters. The fourth-order valence-electron chi connectivity index (χ4n) is 9.03. The first-order chi connectivity index (χ1) is 22.6. The van der Waals surface area contributed by atoms with E-state index in [-0.39, 0.29) is 72.2 Å². The number of carbonyl (C=O) groups excluding carboxylic acids is 2. The number of carbonyl (C=O) groups is 2. The molecule has 1 amide bonds. The quantitative estimate of drug-likeness (QED) is 0.152. The molecule has 6 rings (SSSR count). The normalized spacial score (nSPS) is 39.4. The van der Waals surface area contributed by atoms with Gasteiger partial charge in [-0.3, -0.25) is 9.59 Å². The number of alkyl halides is 1. The number of ketones is 1. The Balaban J connectivity index is 1.22. The van der Waals surface area contributed by atoms with Gasteiger partial charge in [-0.05, 0) is 106 Å². The molecule has 0 aromatic heterocycles. The molecule has 3 aliphatic carbocycles. The van der Waals surface area contributed by atoms with Gasteiger partial charge in [0.1, 0.15) is 6.17 Å². The van der Waals surface area contributed by atoms with Crippen molar-refractivity contribution in [1.82, 2.24) is 30.7 Å². The second-order valence-electron chi connectivity index (χ2n) is 15.3. The maximum atomic E-state index is 16.1. The fourth-order valence-corrected chi connectivity index (χ4v) is 9.03. The second-order valence-corrected chi connectivity index (χ2v) is 15.3. The summed E-state index contributed by atoms with van der Waals surface area (Å²) in [6.07, 6.45) is 6.95. The van der Waals surface area contributed by atoms with Crippen molar-refractivity contribution >= 4 is 11.7 Å². The van der Waals surface area contributed by atoms with Gasteiger partial charge in [0.25, 0.3) is 5.91 Å². The number of hydrogen-bond donors (Lipinski definition) is 3. The number of Topliss-reactive ketones (excluding diaryl/α,β-unsaturated/α-hetero) is 1. The largest absolute Gasteiger partial charge is 0.372 e. The summed E-state index contributed by atoms with van der Waals surface area (Å²) in [6, 6.07) is -0.966. The average molecular weight is 662 g/mol. The molecule has 5 fully saturated rings. The minimum absolute atomic E-state index is 0.0635. The molecule has 6 aliphatic rings. The standard InChI is InChI=1S/C34H56FN7O5/c1-40(2)13-7-5-11-36-30-23(35)16-21-31-33(30)47-29-17-25-28(46-27-15-20(39-45)9-10-24(27)38-25)18-26(29)42(31)19-22(32(21)43)34(44)37-12-6-8-14-41(3)4/h19-21,23-31,33,36,38H,5-18H2,1-4H3,(H,37,44). The number of halogens is 1. The van der Waals surface area contributed by atoms with Crippen LogP contribution in [-0.4, -0.2) is 148 Å². The number of amides is 1. The minimum Gasteiger partial charge on any atom is -0.372 e. The smallest absolute Gasteiger partial charge is 0.256 e. The highest BCUT2D eigenvalue weighted by molar-refractivity contribution is 6.20. The number of fused-ring (bicyclic) bond motifs is 4. The van der Waals surface area contributed by atoms with E-state index >= 15 is 4.39 Å². The summed E-state index contributed by atoms with van der Waals surface area (Å²) in [6.45, 7) is 3.06. The van der Waals surface area contributed by atoms with E-state index in [1.807, 2.05) is 14.1 Å². The lowest BCUT2D eigenvalue weighted by Crippen LogP contribution is -2.75. The van der Waals surface area contributed by atoms with E-state index in [0.717, 1.165) is 51.6 Å². The number of rotatable bonds is 13. The predicted octanol–water partition coefficient (Wildman–Crippen LogP) is 1.58. The average Bonchev–Trinajstić information content (AvgIpc) is 3.04. The Kier molecular flexibility index (Phi) is 11.3. The lowest BCUT2D eigenvalue weighted by Gasteiger charge is -2.61. The first-order valence-electron chi connectivity index (χ1n) is 18.0. The van der Waals surface area contributed by atoms with Crippen LogP contribution in [0.4, 0.5) is 4.39 Å². The summed E-state index contributed by atoms with van der Waals surface area (Å²) < 4.78 is 29.7. The zero-order valence-corrected chi connectivity index (χ0v) is 28.6. The van der Waals surface area contributed by atoms with Gasteiger partial charge in [0.2, 0.25) is 0 Å². The Labute approximate surface area is 278 Å². The highest BCUT2D eigenvalue weighted by Gasteiger charge is 2.60. The number of nitrogens with zero attached hydrogens (tertiary/aromatic N) is 4. The zero-order valence-electron chi connectivity index (χ0n) is 28.6. The third kappa shape index (κ3) is 7.60. The van der Waals surface area contributed by atoms with Crippen molar-refractivity contribution in [1.29, 1.82) is 0 Å². The SMILES string of the molecule is CN(C)CCCCNC(=O)C1=CN2C3CC4OC5CC(N=O)CCC5NC4CC3OC3C(NCCCCN(C)C)C(F)CC(C1=O)C32. The van der Waals surface area contributed by atoms with Crippen LogP contribution in [0.25, 0.3) is 0 Å². The summed E-state index contributed by atoms with van der Waals surface area (Å²) in [4.78, 5) is 45.2. The molecule has 3 heterocycles. The Hall–Kier alpha value is -2.03. The van der Waals surface area contributed by atoms with Crippen molar-refractivity contribution in [2.75, 3.05) is 54.4 Å². The van der Waals surface area contributed by atoms with Gasteiger partial charge in [0, 0.05) is 37.2 Å². The van der Waals surface area contributed by atoms with E-state index in [1.165, 1.54) is 0 Å². The third-order valence-corrected chi connectivity index (χ3v) is 11.4. The summed E-state index contributed by atoms with van der Waals surface area (Å²) in [5.41, 5.74) is 0.123. The van der Waals surface area contributed by atoms with Gasteiger partial charge in [0.15, 0.2) is 5.78 Å². The summed E-state index contributed by atoms with van der Waals surface area (Å²) in [5.74, 6) is -1.32. The van der Waals surface area contributed by atoms with Crippen molar-refractivity contribution in [3.63, 3.8) is 0 Å². The van der Waals surface area contributed by atoms with E-state index < -0.39 is 24.2 Å². The van der Waals surface area contributed by atoms with Gasteiger partial charge in [-0.15, -0.1) is 0 Å². The highest BCUT2D eigenvalue weighted by Crippen LogP contribution is 2.47. The van der Waals surface area contributed by atoms with Crippen LogP contribution in [0.1, 0.15) is 64.2 Å². The van der Waals surface area contributed by atoms with Gasteiger partial charge in [-0.1, -0.05) is 5.18 Å². The van der Waals surface area contributed by atoms with E-state index in [0.29, 0.717) is 32.4 Å². The monoisotopic (exact) mass is 661 g/mol. The first-order valence-corrected chi connectivity index (χ1v) is 18.0. The van der Waals surface area contributed by atoms with Crippen LogP contribution >= 0.6 is 0 Å². The first kappa shape index (κ1) is 34.8. The van der Waals surface area contributed by atoms with Crippen molar-refractivity contribution in [2.45, 2.75) is 131 Å². The predicted molar refractivity (Wildman–Crippen MR) is 177 cm³/mol. The van der Waals surface area contributed by atoms with Crippen LogP contribution in [0.2, 0.25) is 0 Å². The molecule has 13 heteroatoms. The molecule has 3 saturated carbocycles. The van der Waals surface area contributed by atoms with Gasteiger partial charge in [0.05, 0.1) is 54.2 Å². The molecular formula is C34H56FN7O5. The second kappa shape index (κ2) is 15.2. The number of morpholine rings is 2. The van der Waals surface area contributed by atoms with Crippen LogP contribution in [0.3, 0.4) is 0 Å². The lowest BCUT2D eigenvalue weighted by atomic mass is 9.69. The Morgan fingerprint density at radius 3 is 2.40 bits per heavy atom.